The summed E-state index contributed by atoms with van der Waals surface area (Å²) in [5.74, 6) is -0.707. The first-order valence-corrected chi connectivity index (χ1v) is 10.1. The van der Waals surface area contributed by atoms with Gasteiger partial charge in [-0.1, -0.05) is 6.07 Å². The molecule has 5 rings (SSSR count). The number of carbonyl (C=O) groups is 2. The Balaban J connectivity index is 1.42. The number of imidazole rings is 1. The number of carbonyl (C=O) groups excluding carboxylic acids is 2. The zero-order valence-corrected chi connectivity index (χ0v) is 16.5. The van der Waals surface area contributed by atoms with E-state index < -0.39 is 0 Å². The van der Waals surface area contributed by atoms with Crippen molar-refractivity contribution in [1.82, 2.24) is 14.1 Å². The summed E-state index contributed by atoms with van der Waals surface area (Å²) in [6, 6.07) is 12.4. The van der Waals surface area contributed by atoms with Gasteiger partial charge in [0.1, 0.15) is 13.2 Å². The lowest BCUT2D eigenvalue weighted by atomic mass is 10.1. The number of fused-ring (bicyclic) bond motifs is 2. The van der Waals surface area contributed by atoms with Gasteiger partial charge in [0.05, 0.1) is 17.6 Å². The first-order valence-electron chi connectivity index (χ1n) is 9.26. The van der Waals surface area contributed by atoms with E-state index in [0.29, 0.717) is 29.0 Å². The molecule has 1 aliphatic heterocycles. The van der Waals surface area contributed by atoms with Crippen molar-refractivity contribution in [2.24, 2.45) is 0 Å². The van der Waals surface area contributed by atoms with Gasteiger partial charge < -0.3 is 10.1 Å². The van der Waals surface area contributed by atoms with Crippen molar-refractivity contribution in [3.05, 3.63) is 80.5 Å². The zero-order valence-electron chi connectivity index (χ0n) is 15.7. The maximum Gasteiger partial charge on any atom is 0.338 e. The quantitative estimate of drug-likeness (QED) is 0.501. The van der Waals surface area contributed by atoms with Crippen LogP contribution < -0.4 is 11.0 Å². The van der Waals surface area contributed by atoms with Gasteiger partial charge in [0.2, 0.25) is 5.91 Å². The zero-order chi connectivity index (χ0) is 20.7. The number of cyclic esters (lactones) is 1. The third-order valence-corrected chi connectivity index (χ3v) is 5.80. The molecule has 150 valence electrons. The van der Waals surface area contributed by atoms with E-state index in [0.717, 1.165) is 10.4 Å². The molecule has 4 heterocycles. The highest BCUT2D eigenvalue weighted by molar-refractivity contribution is 7.09. The predicted molar refractivity (Wildman–Crippen MR) is 112 cm³/mol. The van der Waals surface area contributed by atoms with E-state index in [1.54, 1.807) is 52.4 Å². The third-order valence-electron chi connectivity index (χ3n) is 4.94. The molecule has 1 amide bonds. The molecule has 1 N–H and O–H groups in total. The molecule has 0 unspecified atom stereocenters. The average Bonchev–Trinajstić information content (AvgIpc) is 3.45. The largest absolute Gasteiger partial charge is 0.457 e. The Hall–Kier alpha value is -3.72. The van der Waals surface area contributed by atoms with Crippen LogP contribution in [0.1, 0.15) is 20.8 Å². The lowest BCUT2D eigenvalue weighted by molar-refractivity contribution is -0.116. The lowest BCUT2D eigenvalue weighted by Gasteiger charge is -2.07. The Morgan fingerprint density at radius 3 is 2.90 bits per heavy atom. The first kappa shape index (κ1) is 18.3. The van der Waals surface area contributed by atoms with E-state index in [1.165, 1.54) is 4.57 Å². The Morgan fingerprint density at radius 2 is 2.07 bits per heavy atom. The second-order valence-electron chi connectivity index (χ2n) is 6.88. The molecule has 3 aromatic heterocycles. The number of hydrogen-bond donors (Lipinski definition) is 1. The van der Waals surface area contributed by atoms with Gasteiger partial charge in [-0.15, -0.1) is 11.3 Å². The highest BCUT2D eigenvalue weighted by atomic mass is 32.1. The van der Waals surface area contributed by atoms with Crippen LogP contribution in [0.3, 0.4) is 0 Å². The highest BCUT2D eigenvalue weighted by Gasteiger charge is 2.22. The summed E-state index contributed by atoms with van der Waals surface area (Å²) in [7, 11) is 0. The van der Waals surface area contributed by atoms with Crippen LogP contribution in [0, 0.1) is 0 Å². The Morgan fingerprint density at radius 1 is 1.17 bits per heavy atom. The number of nitrogens with one attached hydrogen (secondary N) is 1. The van der Waals surface area contributed by atoms with E-state index in [9.17, 15) is 14.4 Å². The fourth-order valence-electron chi connectivity index (χ4n) is 3.56. The van der Waals surface area contributed by atoms with Crippen molar-refractivity contribution in [3.63, 3.8) is 0 Å². The topological polar surface area (TPSA) is 95.2 Å². The summed E-state index contributed by atoms with van der Waals surface area (Å²) < 4.78 is 7.98. The Labute approximate surface area is 174 Å². The van der Waals surface area contributed by atoms with Gasteiger partial charge in [-0.3, -0.25) is 13.9 Å². The summed E-state index contributed by atoms with van der Waals surface area (Å²) in [6.45, 7) is 0.446. The molecule has 0 radical (unpaired) electrons. The maximum absolute atomic E-state index is 13.0. The standard InChI is InChI=1S/C21H16N4O4S/c26-18(23-14-5-6-16-13(9-14)12-29-20(16)27)11-24-17-4-1-7-22-19(17)25(21(24)28)10-15-3-2-8-30-15/h1-9H,10-12H2,(H,23,26). The summed E-state index contributed by atoms with van der Waals surface area (Å²) in [4.78, 5) is 42.7. The van der Waals surface area contributed by atoms with E-state index in [4.69, 9.17) is 4.74 Å². The fraction of sp³-hybridized carbons (Fsp3) is 0.143. The van der Waals surface area contributed by atoms with Crippen molar-refractivity contribution in [1.29, 1.82) is 0 Å². The van der Waals surface area contributed by atoms with Gasteiger partial charge >= 0.3 is 11.7 Å². The maximum atomic E-state index is 13.0. The van der Waals surface area contributed by atoms with E-state index >= 15 is 0 Å². The molecular formula is C21H16N4O4S. The molecule has 8 nitrogen and oxygen atoms in total. The number of anilines is 1. The van der Waals surface area contributed by atoms with Gasteiger partial charge in [0.15, 0.2) is 5.65 Å². The average molecular weight is 420 g/mol. The molecule has 0 saturated carbocycles. The summed E-state index contributed by atoms with van der Waals surface area (Å²) >= 11 is 1.56. The Bertz CT molecular complexity index is 1340. The first-order chi connectivity index (χ1) is 14.6. The highest BCUT2D eigenvalue weighted by Crippen LogP contribution is 2.23. The molecule has 0 bridgehead atoms. The summed E-state index contributed by atoms with van der Waals surface area (Å²) in [5.41, 5.74) is 2.63. The van der Waals surface area contributed by atoms with Gasteiger partial charge in [0, 0.05) is 22.3 Å². The van der Waals surface area contributed by atoms with Crippen LogP contribution in [0.2, 0.25) is 0 Å². The number of rotatable bonds is 5. The SMILES string of the molecule is O=C(Cn1c(=O)n(Cc2cccs2)c2ncccc21)Nc1ccc2c(c1)COC2=O. The van der Waals surface area contributed by atoms with Crippen molar-refractivity contribution >= 4 is 40.1 Å². The van der Waals surface area contributed by atoms with Crippen LogP contribution in [0.15, 0.2) is 58.8 Å². The van der Waals surface area contributed by atoms with Crippen molar-refractivity contribution < 1.29 is 14.3 Å². The second kappa shape index (κ2) is 7.27. The van der Waals surface area contributed by atoms with E-state index in [2.05, 4.69) is 10.3 Å². The monoisotopic (exact) mass is 420 g/mol. The minimum atomic E-state index is -0.361. The normalized spacial score (nSPS) is 12.7. The number of thiophene rings is 1. The molecule has 0 atom stereocenters. The molecule has 1 aliphatic rings. The number of nitrogens with zero attached hydrogens (tertiary/aromatic N) is 3. The number of aromatic nitrogens is 3. The number of benzene rings is 1. The number of ether oxygens (including phenoxy) is 1. The minimum absolute atomic E-state index is 0.148. The number of hydrogen-bond acceptors (Lipinski definition) is 6. The van der Waals surface area contributed by atoms with Crippen molar-refractivity contribution in [2.45, 2.75) is 19.7 Å². The van der Waals surface area contributed by atoms with Gasteiger partial charge in [-0.25, -0.2) is 14.6 Å². The van der Waals surface area contributed by atoms with Crippen LogP contribution >= 0.6 is 11.3 Å². The van der Waals surface area contributed by atoms with Crippen molar-refractivity contribution in [3.8, 4) is 0 Å². The molecule has 4 aromatic rings. The van der Waals surface area contributed by atoms with Crippen LogP contribution in [0.25, 0.3) is 11.2 Å². The number of amides is 1. The number of esters is 1. The molecular weight excluding hydrogens is 404 g/mol. The molecule has 0 saturated heterocycles. The molecule has 0 spiro atoms. The Kier molecular flexibility index (Phi) is 4.44. The van der Waals surface area contributed by atoms with Gasteiger partial charge in [-0.05, 0) is 41.8 Å². The smallest absolute Gasteiger partial charge is 0.338 e. The van der Waals surface area contributed by atoms with E-state index in [1.807, 2.05) is 17.5 Å². The number of pyridine rings is 1. The van der Waals surface area contributed by atoms with Gasteiger partial charge in [0.25, 0.3) is 0 Å². The third kappa shape index (κ3) is 3.18. The van der Waals surface area contributed by atoms with Crippen LogP contribution in [-0.4, -0.2) is 26.0 Å². The molecule has 1 aromatic carbocycles. The van der Waals surface area contributed by atoms with Crippen molar-refractivity contribution in [2.75, 3.05) is 5.32 Å². The molecule has 9 heteroatoms. The fourth-order valence-corrected chi connectivity index (χ4v) is 4.25. The van der Waals surface area contributed by atoms with Crippen LogP contribution in [0.4, 0.5) is 5.69 Å². The molecule has 0 aliphatic carbocycles. The molecule has 0 fully saturated rings. The van der Waals surface area contributed by atoms with Crippen LogP contribution in [0.5, 0.6) is 0 Å². The predicted octanol–water partition coefficient (Wildman–Crippen LogP) is 2.62. The summed E-state index contributed by atoms with van der Waals surface area (Å²) in [5, 5.41) is 4.74. The lowest BCUT2D eigenvalue weighted by Crippen LogP contribution is -2.29. The second-order valence-corrected chi connectivity index (χ2v) is 7.91. The minimum Gasteiger partial charge on any atom is -0.457 e. The van der Waals surface area contributed by atoms with Gasteiger partial charge in [-0.2, -0.15) is 0 Å². The summed E-state index contributed by atoms with van der Waals surface area (Å²) in [6.07, 6.45) is 1.63. The van der Waals surface area contributed by atoms with E-state index in [-0.39, 0.29) is 30.7 Å². The molecule has 30 heavy (non-hydrogen) atoms. The van der Waals surface area contributed by atoms with Crippen LogP contribution in [-0.2, 0) is 29.2 Å².